The van der Waals surface area contributed by atoms with Crippen LogP contribution in [0, 0.1) is 0 Å². The summed E-state index contributed by atoms with van der Waals surface area (Å²) in [6, 6.07) is 13.7. The van der Waals surface area contributed by atoms with E-state index in [1.807, 2.05) is 0 Å². The molecular formula is C23H19ClN2O6S2. The number of halogens is 1. The van der Waals surface area contributed by atoms with Crippen molar-refractivity contribution in [3.63, 3.8) is 0 Å². The van der Waals surface area contributed by atoms with Gasteiger partial charge in [-0.05, 0) is 60.0 Å². The highest BCUT2D eigenvalue weighted by Crippen LogP contribution is 2.31. The predicted octanol–water partition coefficient (Wildman–Crippen LogP) is 3.71. The fraction of sp³-hybridized carbons (Fsp3) is 0.174. The summed E-state index contributed by atoms with van der Waals surface area (Å²) in [6.45, 7) is -0.0680. The van der Waals surface area contributed by atoms with Crippen molar-refractivity contribution in [3.05, 3.63) is 81.5 Å². The molecule has 1 atom stereocenters. The van der Waals surface area contributed by atoms with E-state index in [0.29, 0.717) is 5.02 Å². The Morgan fingerprint density at radius 2 is 1.79 bits per heavy atom. The van der Waals surface area contributed by atoms with Gasteiger partial charge in [-0.15, -0.1) is 11.3 Å². The van der Waals surface area contributed by atoms with Crippen LogP contribution in [0.2, 0.25) is 5.02 Å². The Kier molecular flexibility index (Phi) is 6.85. The number of carbonyl (C=O) groups excluding carboxylic acids is 3. The van der Waals surface area contributed by atoms with Crippen LogP contribution in [0.1, 0.15) is 21.7 Å². The van der Waals surface area contributed by atoms with Crippen molar-refractivity contribution in [3.8, 4) is 0 Å². The number of amides is 2. The van der Waals surface area contributed by atoms with Gasteiger partial charge in [-0.3, -0.25) is 9.59 Å². The average Bonchev–Trinajstić information content (AvgIpc) is 3.44. The molecule has 1 unspecified atom stereocenters. The van der Waals surface area contributed by atoms with E-state index in [1.165, 1.54) is 67.0 Å². The number of hydrogen-bond acceptors (Lipinski definition) is 7. The zero-order chi connectivity index (χ0) is 24.5. The van der Waals surface area contributed by atoms with E-state index in [9.17, 15) is 22.8 Å². The molecule has 4 rings (SSSR count). The highest BCUT2D eigenvalue weighted by molar-refractivity contribution is 7.89. The summed E-state index contributed by atoms with van der Waals surface area (Å²) in [6.07, 6.45) is -0.310. The summed E-state index contributed by atoms with van der Waals surface area (Å²) in [7, 11) is -2.89. The number of thiophene rings is 1. The maximum Gasteiger partial charge on any atom is 0.337 e. The van der Waals surface area contributed by atoms with Gasteiger partial charge in [0.25, 0.3) is 5.91 Å². The number of esters is 1. The van der Waals surface area contributed by atoms with Crippen LogP contribution in [0.15, 0.2) is 70.9 Å². The van der Waals surface area contributed by atoms with Gasteiger partial charge in [0, 0.05) is 16.4 Å². The van der Waals surface area contributed by atoms with Gasteiger partial charge in [0.15, 0.2) is 0 Å². The van der Waals surface area contributed by atoms with Gasteiger partial charge in [0.2, 0.25) is 15.9 Å². The molecule has 176 valence electrons. The van der Waals surface area contributed by atoms with Crippen LogP contribution >= 0.6 is 22.9 Å². The van der Waals surface area contributed by atoms with Crippen molar-refractivity contribution < 1.29 is 27.5 Å². The van der Waals surface area contributed by atoms with E-state index >= 15 is 0 Å². The van der Waals surface area contributed by atoms with Crippen LogP contribution in [0.3, 0.4) is 0 Å². The summed E-state index contributed by atoms with van der Waals surface area (Å²) >= 11 is 7.26. The molecule has 1 fully saturated rings. The lowest BCUT2D eigenvalue weighted by molar-refractivity contribution is -0.122. The third-order valence-corrected chi connectivity index (χ3v) is 8.31. The first kappa shape index (κ1) is 24.1. The van der Waals surface area contributed by atoms with E-state index in [1.54, 1.807) is 17.5 Å². The maximum atomic E-state index is 13.6. The van der Waals surface area contributed by atoms with Gasteiger partial charge >= 0.3 is 5.97 Å². The summed E-state index contributed by atoms with van der Waals surface area (Å²) < 4.78 is 32.8. The minimum absolute atomic E-state index is 0.0328. The minimum Gasteiger partial charge on any atom is -0.465 e. The number of methoxy groups -OCH3 is 1. The molecule has 1 aromatic heterocycles. The molecule has 0 radical (unpaired) electrons. The smallest absolute Gasteiger partial charge is 0.337 e. The van der Waals surface area contributed by atoms with Gasteiger partial charge in [0.1, 0.15) is 6.04 Å². The number of ether oxygens (including phenoxy) is 1. The van der Waals surface area contributed by atoms with E-state index < -0.39 is 33.8 Å². The highest BCUT2D eigenvalue weighted by Gasteiger charge is 2.47. The van der Waals surface area contributed by atoms with Crippen molar-refractivity contribution in [2.24, 2.45) is 0 Å². The third-order valence-electron chi connectivity index (χ3n) is 5.33. The zero-order valence-corrected chi connectivity index (χ0v) is 20.3. The second-order valence-corrected chi connectivity index (χ2v) is 10.8. The van der Waals surface area contributed by atoms with E-state index in [2.05, 4.69) is 4.74 Å². The molecule has 0 saturated carbocycles. The Hall–Kier alpha value is -3.05. The monoisotopic (exact) mass is 518 g/mol. The van der Waals surface area contributed by atoms with Gasteiger partial charge in [0.05, 0.1) is 29.7 Å². The third kappa shape index (κ3) is 4.62. The molecule has 2 heterocycles. The van der Waals surface area contributed by atoms with Crippen LogP contribution < -0.4 is 4.90 Å². The molecule has 1 aliphatic rings. The SMILES string of the molecule is COC(=O)c1ccc(N2C(=O)CC(N(Cc3cccs3)S(=O)(=O)c3ccc(Cl)cc3)C2=O)cc1. The minimum atomic E-state index is -4.14. The lowest BCUT2D eigenvalue weighted by Crippen LogP contribution is -2.44. The maximum absolute atomic E-state index is 13.6. The first-order valence-electron chi connectivity index (χ1n) is 10.1. The second-order valence-electron chi connectivity index (χ2n) is 7.41. The quantitative estimate of drug-likeness (QED) is 0.349. The highest BCUT2D eigenvalue weighted by atomic mass is 35.5. The fourth-order valence-electron chi connectivity index (χ4n) is 3.64. The van der Waals surface area contributed by atoms with Gasteiger partial charge in [-0.2, -0.15) is 4.31 Å². The predicted molar refractivity (Wildman–Crippen MR) is 127 cm³/mol. The normalized spacial score (nSPS) is 16.3. The largest absolute Gasteiger partial charge is 0.465 e. The van der Waals surface area contributed by atoms with Crippen molar-refractivity contribution in [2.75, 3.05) is 12.0 Å². The van der Waals surface area contributed by atoms with Gasteiger partial charge in [-0.1, -0.05) is 17.7 Å². The Balaban J connectivity index is 1.69. The number of anilines is 1. The van der Waals surface area contributed by atoms with Crippen molar-refractivity contribution >= 4 is 56.4 Å². The molecule has 0 spiro atoms. The second kappa shape index (κ2) is 9.67. The molecule has 0 aliphatic carbocycles. The van der Waals surface area contributed by atoms with Crippen LogP contribution in [0.4, 0.5) is 5.69 Å². The fourth-order valence-corrected chi connectivity index (χ4v) is 6.11. The first-order valence-corrected chi connectivity index (χ1v) is 12.8. The van der Waals surface area contributed by atoms with Crippen LogP contribution in [-0.2, 0) is 30.9 Å². The Morgan fingerprint density at radius 3 is 2.38 bits per heavy atom. The molecule has 11 heteroatoms. The van der Waals surface area contributed by atoms with Crippen LogP contribution in [-0.4, -0.2) is 43.7 Å². The summed E-state index contributed by atoms with van der Waals surface area (Å²) in [4.78, 5) is 39.6. The summed E-state index contributed by atoms with van der Waals surface area (Å²) in [5, 5.41) is 2.18. The van der Waals surface area contributed by atoms with Crippen molar-refractivity contribution in [2.45, 2.75) is 23.9 Å². The van der Waals surface area contributed by atoms with E-state index in [-0.39, 0.29) is 29.1 Å². The Bertz CT molecular complexity index is 1320. The van der Waals surface area contributed by atoms with E-state index in [4.69, 9.17) is 11.6 Å². The summed E-state index contributed by atoms with van der Waals surface area (Å²) in [5.74, 6) is -1.76. The lowest BCUT2D eigenvalue weighted by atomic mass is 10.2. The number of carbonyl (C=O) groups is 3. The molecular weight excluding hydrogens is 500 g/mol. The van der Waals surface area contributed by atoms with Crippen molar-refractivity contribution in [1.82, 2.24) is 4.31 Å². The molecule has 0 N–H and O–H groups in total. The number of nitrogens with zero attached hydrogens (tertiary/aromatic N) is 2. The van der Waals surface area contributed by atoms with Gasteiger partial charge in [-0.25, -0.2) is 18.1 Å². The molecule has 34 heavy (non-hydrogen) atoms. The Labute approximate surface area is 205 Å². The number of benzene rings is 2. The molecule has 0 bridgehead atoms. The zero-order valence-electron chi connectivity index (χ0n) is 17.9. The molecule has 1 saturated heterocycles. The summed E-state index contributed by atoms with van der Waals surface area (Å²) in [5.41, 5.74) is 0.497. The van der Waals surface area contributed by atoms with Crippen LogP contribution in [0.25, 0.3) is 0 Å². The lowest BCUT2D eigenvalue weighted by Gasteiger charge is -2.26. The van der Waals surface area contributed by atoms with Gasteiger partial charge < -0.3 is 4.74 Å². The molecule has 2 aromatic carbocycles. The number of hydrogen-bond donors (Lipinski definition) is 0. The van der Waals surface area contributed by atoms with Crippen molar-refractivity contribution in [1.29, 1.82) is 0 Å². The topological polar surface area (TPSA) is 101 Å². The molecule has 3 aromatic rings. The molecule has 2 amide bonds. The molecule has 8 nitrogen and oxygen atoms in total. The van der Waals surface area contributed by atoms with Crippen LogP contribution in [0.5, 0.6) is 0 Å². The first-order chi connectivity index (χ1) is 16.2. The standard InChI is InChI=1S/C23H19ClN2O6S2/c1-32-23(29)15-4-8-17(9-5-15)26-21(27)13-20(22(26)28)25(14-18-3-2-12-33-18)34(30,31)19-10-6-16(24)7-11-19/h2-12,20H,13-14H2,1H3. The van der Waals surface area contributed by atoms with E-state index in [0.717, 1.165) is 14.1 Å². The average molecular weight is 519 g/mol. The molecule has 1 aliphatic heterocycles. The Morgan fingerprint density at radius 1 is 1.12 bits per heavy atom. The number of imide groups is 1. The number of sulfonamides is 1. The number of rotatable bonds is 7.